The van der Waals surface area contributed by atoms with E-state index in [0.29, 0.717) is 24.8 Å². The van der Waals surface area contributed by atoms with Crippen LogP contribution in [0, 0.1) is 11.8 Å². The van der Waals surface area contributed by atoms with Crippen molar-refractivity contribution in [2.45, 2.75) is 25.7 Å². The Hall–Kier alpha value is -8.96. The lowest BCUT2D eigenvalue weighted by molar-refractivity contribution is 0.953. The molecule has 6 nitrogen and oxygen atoms in total. The molecule has 4 aliphatic heterocycles. The number of pyridine rings is 2. The second-order valence-corrected chi connectivity index (χ2v) is 19.4. The lowest BCUT2D eigenvalue weighted by Crippen LogP contribution is -2.20. The number of hydrogen-bond donors (Lipinski definition) is 0. The number of nitrogens with zero attached hydrogens (tertiary/aromatic N) is 6. The Bertz CT molecular complexity index is 3720. The molecule has 2 bridgehead atoms. The van der Waals surface area contributed by atoms with Gasteiger partial charge in [0.05, 0.1) is 35.0 Å². The molecule has 0 saturated heterocycles. The predicted octanol–water partition coefficient (Wildman–Crippen LogP) is 15.7. The van der Waals surface area contributed by atoms with E-state index in [9.17, 15) is 0 Å². The average Bonchev–Trinajstić information content (AvgIpc) is 4.29. The van der Waals surface area contributed by atoms with Crippen LogP contribution in [0.2, 0.25) is 0 Å². The van der Waals surface area contributed by atoms with E-state index in [2.05, 4.69) is 211 Å². The van der Waals surface area contributed by atoms with Gasteiger partial charge < -0.3 is 9.80 Å². The third-order valence-electron chi connectivity index (χ3n) is 14.8. The molecular weight excluding hydrogens is 889 g/mol. The number of hydrogen-bond acceptors (Lipinski definition) is 6. The predicted molar refractivity (Wildman–Crippen MR) is 302 cm³/mol. The number of anilines is 4. The first-order chi connectivity index (χ1) is 36.1. The van der Waals surface area contributed by atoms with Crippen molar-refractivity contribution >= 4 is 40.2 Å². The van der Waals surface area contributed by atoms with Crippen molar-refractivity contribution in [1.82, 2.24) is 9.97 Å². The third kappa shape index (κ3) is 8.52. The van der Waals surface area contributed by atoms with Crippen LogP contribution in [-0.4, -0.2) is 35.0 Å². The summed E-state index contributed by atoms with van der Waals surface area (Å²) < 4.78 is 0. The second kappa shape index (κ2) is 19.0. The van der Waals surface area contributed by atoms with E-state index in [1.807, 2.05) is 42.9 Å². The largest absolute Gasteiger partial charge is 0.337 e. The molecule has 3 unspecified atom stereocenters. The van der Waals surface area contributed by atoms with Gasteiger partial charge in [0.25, 0.3) is 0 Å². The zero-order chi connectivity index (χ0) is 48.7. The summed E-state index contributed by atoms with van der Waals surface area (Å²) in [6, 6.07) is 61.2. The number of fused-ring (bicyclic) bond motifs is 3. The molecule has 6 heterocycles. The summed E-state index contributed by atoms with van der Waals surface area (Å²) in [5.74, 6) is 1.11. The molecule has 350 valence electrons. The number of aromatic nitrogens is 2. The zero-order valence-corrected chi connectivity index (χ0v) is 40.7. The highest BCUT2D eigenvalue weighted by Crippen LogP contribution is 2.47. The van der Waals surface area contributed by atoms with Gasteiger partial charge >= 0.3 is 0 Å². The Morgan fingerprint density at radius 1 is 0.589 bits per heavy atom. The zero-order valence-electron chi connectivity index (χ0n) is 40.7. The van der Waals surface area contributed by atoms with Gasteiger partial charge in [0, 0.05) is 82.9 Å². The Balaban J connectivity index is 0.935. The fourth-order valence-electron chi connectivity index (χ4n) is 11.2. The van der Waals surface area contributed by atoms with Gasteiger partial charge in [-0.2, -0.15) is 0 Å². The topological polar surface area (TPSA) is 57.0 Å². The van der Waals surface area contributed by atoms with Crippen LogP contribution in [0.3, 0.4) is 0 Å². The Morgan fingerprint density at radius 3 is 2.00 bits per heavy atom. The molecule has 2 aromatic heterocycles. The van der Waals surface area contributed by atoms with Gasteiger partial charge in [0.15, 0.2) is 0 Å². The van der Waals surface area contributed by atoms with Crippen molar-refractivity contribution in [2.24, 2.45) is 21.8 Å². The molecule has 6 aromatic carbocycles. The highest BCUT2D eigenvalue weighted by atomic mass is 15.2. The van der Waals surface area contributed by atoms with Gasteiger partial charge in [0.1, 0.15) is 0 Å². The quantitative estimate of drug-likeness (QED) is 0.112. The van der Waals surface area contributed by atoms with Crippen molar-refractivity contribution in [2.75, 3.05) is 22.9 Å². The maximum Gasteiger partial charge on any atom is 0.0909 e. The van der Waals surface area contributed by atoms with E-state index in [-0.39, 0.29) is 5.92 Å². The molecule has 6 heteroatoms. The first-order valence-corrected chi connectivity index (χ1v) is 25.5. The van der Waals surface area contributed by atoms with Gasteiger partial charge in [0.2, 0.25) is 0 Å². The molecule has 73 heavy (non-hydrogen) atoms. The molecule has 1 aliphatic carbocycles. The Morgan fingerprint density at radius 2 is 1.26 bits per heavy atom. The normalized spacial score (nSPS) is 19.7. The van der Waals surface area contributed by atoms with Gasteiger partial charge in [-0.1, -0.05) is 146 Å². The molecule has 0 radical (unpaired) electrons. The van der Waals surface area contributed by atoms with Crippen LogP contribution in [-0.2, 0) is 6.42 Å². The fourth-order valence-corrected chi connectivity index (χ4v) is 11.2. The van der Waals surface area contributed by atoms with E-state index in [0.717, 1.165) is 85.5 Å². The molecule has 13 rings (SSSR count). The highest BCUT2D eigenvalue weighted by molar-refractivity contribution is 6.08. The van der Waals surface area contributed by atoms with E-state index in [1.165, 1.54) is 40.0 Å². The maximum atomic E-state index is 5.18. The summed E-state index contributed by atoms with van der Waals surface area (Å²) >= 11 is 0. The van der Waals surface area contributed by atoms with Gasteiger partial charge in [-0.05, 0) is 136 Å². The van der Waals surface area contributed by atoms with Crippen LogP contribution < -0.4 is 9.80 Å². The van der Waals surface area contributed by atoms with Crippen molar-refractivity contribution in [3.05, 3.63) is 264 Å². The molecule has 1 saturated carbocycles. The minimum absolute atomic E-state index is 0.0409. The van der Waals surface area contributed by atoms with Crippen LogP contribution in [0.5, 0.6) is 0 Å². The molecule has 1 fully saturated rings. The van der Waals surface area contributed by atoms with E-state index in [1.54, 1.807) is 0 Å². The molecule has 8 aromatic rings. The van der Waals surface area contributed by atoms with Crippen LogP contribution in [0.1, 0.15) is 41.5 Å². The average molecular weight is 941 g/mol. The maximum absolute atomic E-state index is 5.18. The summed E-state index contributed by atoms with van der Waals surface area (Å²) in [7, 11) is 0. The van der Waals surface area contributed by atoms with E-state index >= 15 is 0 Å². The highest BCUT2D eigenvalue weighted by Gasteiger charge is 2.41. The molecule has 0 spiro atoms. The summed E-state index contributed by atoms with van der Waals surface area (Å²) in [6.45, 7) is 3.73. The monoisotopic (exact) mass is 940 g/mol. The second-order valence-electron chi connectivity index (χ2n) is 19.4. The fraction of sp³-hybridized carbons (Fsp3) is 0.119. The lowest BCUT2D eigenvalue weighted by atomic mass is 9.88. The summed E-state index contributed by atoms with van der Waals surface area (Å²) in [5, 5.41) is 0. The molecule has 3 atom stereocenters. The first-order valence-electron chi connectivity index (χ1n) is 25.5. The van der Waals surface area contributed by atoms with Gasteiger partial charge in [-0.25, -0.2) is 0 Å². The van der Waals surface area contributed by atoms with Crippen LogP contribution in [0.15, 0.2) is 252 Å². The number of rotatable bonds is 8. The number of allylic oxidation sites excluding steroid dienone is 6. The van der Waals surface area contributed by atoms with Crippen LogP contribution in [0.25, 0.3) is 50.3 Å². The summed E-state index contributed by atoms with van der Waals surface area (Å²) in [4.78, 5) is 24.4. The summed E-state index contributed by atoms with van der Waals surface area (Å²) in [5.41, 5.74) is 26.0. The Labute approximate surface area is 427 Å². The lowest BCUT2D eigenvalue weighted by Gasteiger charge is -2.31. The van der Waals surface area contributed by atoms with E-state index < -0.39 is 0 Å². The number of benzene rings is 6. The Kier molecular flexibility index (Phi) is 11.4. The molecule has 0 N–H and O–H groups in total. The van der Waals surface area contributed by atoms with Crippen molar-refractivity contribution in [3.8, 4) is 44.8 Å². The first kappa shape index (κ1) is 44.0. The van der Waals surface area contributed by atoms with Crippen molar-refractivity contribution in [3.63, 3.8) is 0 Å². The van der Waals surface area contributed by atoms with Crippen molar-refractivity contribution in [1.29, 1.82) is 0 Å². The number of aliphatic imine (C=N–C) groups is 2. The summed E-state index contributed by atoms with van der Waals surface area (Å²) in [6.07, 6.45) is 23.3. The minimum atomic E-state index is 0.0409. The minimum Gasteiger partial charge on any atom is -0.337 e. The third-order valence-corrected chi connectivity index (χ3v) is 14.8. The molecular formula is C67H52N6. The van der Waals surface area contributed by atoms with E-state index in [4.69, 9.17) is 20.0 Å². The standard InChI is InChI=1S/C67H52N6/c1-45-38-46(57-23-4-7-26-60(57)67-62-42-47(62)16-13-36-71-67)17-15-37-72(66-32-30-49(41-61(45)66)56-22-3-6-25-59(56)64-28-9-11-34-70-64)52-18-12-19-54(44-52)73-53-20-14-35-68-51(43-53)40-50-39-48(29-31-65(50)73)55-21-2-5-24-58(55)63-27-8-10-33-69-63/h2-35,38-39,41,44-45,47,62H,36-37,40,42H2,1H3/b17-15-,46-38+. The molecule has 5 aliphatic rings. The van der Waals surface area contributed by atoms with Gasteiger partial charge in [-0.3, -0.25) is 20.0 Å². The SMILES string of the molecule is CC1/C=C(c2ccccc2C2=NCC=CC3CC23)\C=C/CN(c2cccc(N3C4=C=C(Cc5cc(-c6ccccc6-c6ccccn6)ccc53)N=CC=C4)c2)c2ccc(-c3ccccc3-c3ccccn3)cc21. The van der Waals surface area contributed by atoms with Crippen LogP contribution in [0.4, 0.5) is 22.7 Å². The van der Waals surface area contributed by atoms with Crippen LogP contribution >= 0.6 is 0 Å². The molecule has 0 amide bonds. The smallest absolute Gasteiger partial charge is 0.0909 e. The van der Waals surface area contributed by atoms with Crippen molar-refractivity contribution < 1.29 is 0 Å². The van der Waals surface area contributed by atoms with Gasteiger partial charge in [-0.15, -0.1) is 0 Å².